The third-order valence-corrected chi connectivity index (χ3v) is 8.88. The van der Waals surface area contributed by atoms with Gasteiger partial charge in [0.25, 0.3) is 5.91 Å². The summed E-state index contributed by atoms with van der Waals surface area (Å²) in [5.41, 5.74) is 4.67. The number of hydrogen-bond acceptors (Lipinski definition) is 12. The van der Waals surface area contributed by atoms with Gasteiger partial charge in [0, 0.05) is 56.5 Å². The maximum absolute atomic E-state index is 11.7. The summed E-state index contributed by atoms with van der Waals surface area (Å²) >= 11 is 4.82. The molecule has 3 aromatic carbocycles. The Kier molecular flexibility index (Phi) is 17.5. The molecule has 0 radical (unpaired) electrons. The highest BCUT2D eigenvalue weighted by Crippen LogP contribution is 2.33. The predicted molar refractivity (Wildman–Crippen MR) is 211 cm³/mol. The van der Waals surface area contributed by atoms with Crippen LogP contribution in [0.3, 0.4) is 0 Å². The Morgan fingerprint density at radius 3 is 2.60 bits per heavy atom. The van der Waals surface area contributed by atoms with Crippen LogP contribution >= 0.6 is 11.6 Å². The van der Waals surface area contributed by atoms with Gasteiger partial charge in [-0.3, -0.25) is 10.2 Å². The molecule has 1 fully saturated rings. The molecular formula is C39H49ClN8O7. The molecule has 4 aromatic rings. The fourth-order valence-corrected chi connectivity index (χ4v) is 5.97. The largest absolute Gasteiger partial charge is 0.490 e. The summed E-state index contributed by atoms with van der Waals surface area (Å²) in [5.74, 6) is 7.13. The molecule has 2 aliphatic heterocycles. The van der Waals surface area contributed by atoms with Crippen molar-refractivity contribution in [3.63, 3.8) is 0 Å². The molecule has 294 valence electrons. The highest BCUT2D eigenvalue weighted by Gasteiger charge is 2.19. The molecule has 15 nitrogen and oxygen atoms in total. The second-order valence-corrected chi connectivity index (χ2v) is 13.1. The van der Waals surface area contributed by atoms with E-state index in [4.69, 9.17) is 46.4 Å². The number of halogens is 1. The zero-order valence-corrected chi connectivity index (χ0v) is 32.0. The number of piperidine rings is 1. The third-order valence-electron chi connectivity index (χ3n) is 8.76. The number of rotatable bonds is 14. The number of amides is 1. The van der Waals surface area contributed by atoms with Gasteiger partial charge in [0.1, 0.15) is 35.7 Å². The Morgan fingerprint density at radius 2 is 1.85 bits per heavy atom. The van der Waals surface area contributed by atoms with Crippen LogP contribution in [0, 0.1) is 5.41 Å². The number of nitrogens with zero attached hydrogens (tertiary/aromatic N) is 5. The lowest BCUT2D eigenvalue weighted by atomic mass is 10.0. The van der Waals surface area contributed by atoms with E-state index in [0.29, 0.717) is 49.3 Å². The minimum Gasteiger partial charge on any atom is -0.490 e. The van der Waals surface area contributed by atoms with Crippen LogP contribution in [0.15, 0.2) is 75.5 Å². The van der Waals surface area contributed by atoms with E-state index in [9.17, 15) is 9.59 Å². The van der Waals surface area contributed by atoms with Crippen molar-refractivity contribution in [2.75, 3.05) is 70.9 Å². The number of anilines is 1. The van der Waals surface area contributed by atoms with Crippen molar-refractivity contribution in [3.05, 3.63) is 71.8 Å². The molecule has 0 bridgehead atoms. The molecule has 1 aromatic heterocycles. The van der Waals surface area contributed by atoms with Crippen LogP contribution < -0.4 is 25.5 Å². The van der Waals surface area contributed by atoms with Crippen LogP contribution in [0.4, 0.5) is 5.69 Å². The Bertz CT molecular complexity index is 1880. The summed E-state index contributed by atoms with van der Waals surface area (Å²) in [6.07, 6.45) is 6.28. The van der Waals surface area contributed by atoms with E-state index in [1.54, 1.807) is 12.1 Å². The third kappa shape index (κ3) is 13.5. The van der Waals surface area contributed by atoms with Crippen molar-refractivity contribution in [1.29, 1.82) is 5.41 Å². The first-order valence-electron chi connectivity index (χ1n) is 18.1. The van der Waals surface area contributed by atoms with Gasteiger partial charge < -0.3 is 49.3 Å². The van der Waals surface area contributed by atoms with Gasteiger partial charge in [0.2, 0.25) is 0 Å². The molecule has 6 rings (SSSR count). The van der Waals surface area contributed by atoms with Crippen LogP contribution in [0.2, 0.25) is 0 Å². The van der Waals surface area contributed by atoms with Crippen molar-refractivity contribution in [3.8, 4) is 22.8 Å². The van der Waals surface area contributed by atoms with Gasteiger partial charge in [-0.1, -0.05) is 22.5 Å². The van der Waals surface area contributed by atoms with Crippen LogP contribution in [-0.2, 0) is 25.5 Å². The molecular weight excluding hydrogens is 728 g/mol. The maximum atomic E-state index is 11.7. The average molecular weight is 777 g/mol. The molecule has 0 atom stereocenters. The second-order valence-electron chi connectivity index (χ2n) is 12.8. The lowest BCUT2D eigenvalue weighted by Crippen LogP contribution is -2.35. The zero-order chi connectivity index (χ0) is 39.4. The summed E-state index contributed by atoms with van der Waals surface area (Å²) < 4.78 is 22.5. The summed E-state index contributed by atoms with van der Waals surface area (Å²) in [6.45, 7) is 4.35. The Labute approximate surface area is 325 Å². The number of aryl methyl sites for hydroxylation is 1. The van der Waals surface area contributed by atoms with Crippen molar-refractivity contribution in [2.45, 2.75) is 38.2 Å². The standard InChI is InChI=1S/C20H22N6O2.C17H24N2O4.C2H3ClO/c1-26-9-7-15(8-10-26)27-16-4-2-3-13(11-16)19-17-12-14(20(21)23-25-22)5-6-18(17)24-28-19;1-19-8-2-4-14-12-15(5-6-16(14)19)23-13-17(21)18-7-11-22-10-3-9-20;3-1-2-4/h2-6,11-12,15H,7-10H2,1H3,(H3,21,22,23);5-6,9,12H,2-4,7-8,10-11,13H2,1H3,(H,18,21);2H,1H2. The van der Waals surface area contributed by atoms with Crippen LogP contribution in [0.5, 0.6) is 11.5 Å². The zero-order valence-electron chi connectivity index (χ0n) is 31.2. The van der Waals surface area contributed by atoms with Crippen LogP contribution in [0.25, 0.3) is 22.2 Å². The number of ether oxygens (including phenoxy) is 3. The quantitative estimate of drug-likeness (QED) is 0.0222. The van der Waals surface area contributed by atoms with E-state index in [-0.39, 0.29) is 30.3 Å². The molecule has 0 spiro atoms. The minimum atomic E-state index is -0.182. The van der Waals surface area contributed by atoms with Crippen molar-refractivity contribution < 1.29 is 33.1 Å². The normalized spacial score (nSPS) is 14.2. The number of aromatic nitrogens is 1. The van der Waals surface area contributed by atoms with Gasteiger partial charge in [-0.15, -0.1) is 16.7 Å². The Balaban J connectivity index is 0.000000227. The molecule has 3 heterocycles. The molecule has 1 saturated heterocycles. The lowest BCUT2D eigenvalue weighted by molar-refractivity contribution is -0.123. The molecule has 2 aliphatic rings. The van der Waals surface area contributed by atoms with Crippen LogP contribution in [-0.4, -0.2) is 106 Å². The SMILES string of the molecule is CN1CCC(Oc2cccc(-c3onc4ccc(C(=N)N=NN)cc34)c2)CC1.CN1CCCc2cc(OCC(=O)NCCOCCC=O)ccc21.O=CCCl. The first-order chi connectivity index (χ1) is 26.8. The molecule has 4 N–H and O–H groups in total. The van der Waals surface area contributed by atoms with Crippen molar-refractivity contribution >= 4 is 52.5 Å². The number of alkyl halides is 1. The van der Waals surface area contributed by atoms with E-state index >= 15 is 0 Å². The van der Waals surface area contributed by atoms with Gasteiger partial charge in [-0.2, -0.15) is 0 Å². The maximum Gasteiger partial charge on any atom is 0.258 e. The molecule has 0 saturated carbocycles. The first-order valence-corrected chi connectivity index (χ1v) is 18.6. The van der Waals surface area contributed by atoms with Crippen LogP contribution in [0.1, 0.15) is 36.8 Å². The minimum absolute atomic E-state index is 0.0109. The van der Waals surface area contributed by atoms with Gasteiger partial charge >= 0.3 is 0 Å². The monoisotopic (exact) mass is 776 g/mol. The van der Waals surface area contributed by atoms with Gasteiger partial charge in [-0.25, -0.2) is 0 Å². The van der Waals surface area contributed by atoms with Gasteiger partial charge in [0.05, 0.1) is 24.5 Å². The number of aldehydes is 2. The number of hydrogen-bond donors (Lipinski definition) is 3. The van der Waals surface area contributed by atoms with E-state index in [2.05, 4.69) is 44.7 Å². The van der Waals surface area contributed by atoms with E-state index < -0.39 is 0 Å². The number of benzene rings is 3. The van der Waals surface area contributed by atoms with Crippen molar-refractivity contribution in [2.24, 2.45) is 16.2 Å². The number of amidine groups is 1. The second kappa shape index (κ2) is 22.7. The summed E-state index contributed by atoms with van der Waals surface area (Å²) in [5, 5.41) is 22.3. The number of fused-ring (bicyclic) bond motifs is 2. The summed E-state index contributed by atoms with van der Waals surface area (Å²) in [6, 6.07) is 19.1. The molecule has 0 unspecified atom stereocenters. The van der Waals surface area contributed by atoms with E-state index in [1.165, 1.54) is 11.3 Å². The van der Waals surface area contributed by atoms with Crippen molar-refractivity contribution in [1.82, 2.24) is 15.4 Å². The highest BCUT2D eigenvalue weighted by molar-refractivity contribution is 6.24. The fourth-order valence-electron chi connectivity index (χ4n) is 5.97. The van der Waals surface area contributed by atoms with Gasteiger partial charge in [0.15, 0.2) is 18.2 Å². The number of nitrogens with two attached hydrogens (primary N) is 1. The van der Waals surface area contributed by atoms with E-state index in [0.717, 1.165) is 74.1 Å². The fraction of sp³-hybridized carbons (Fsp3) is 0.410. The number of carbonyl (C=O) groups excluding carboxylic acids is 3. The number of likely N-dealkylation sites (tertiary alicyclic amines) is 1. The molecule has 55 heavy (non-hydrogen) atoms. The topological polar surface area (TPSA) is 198 Å². The highest BCUT2D eigenvalue weighted by atomic mass is 35.5. The van der Waals surface area contributed by atoms with E-state index in [1.807, 2.05) is 48.5 Å². The predicted octanol–water partition coefficient (Wildman–Crippen LogP) is 5.21. The first kappa shape index (κ1) is 42.4. The Morgan fingerprint density at radius 1 is 1.05 bits per heavy atom. The number of carbonyl (C=O) groups is 3. The molecule has 0 aliphatic carbocycles. The number of nitrogens with one attached hydrogen (secondary N) is 2. The summed E-state index contributed by atoms with van der Waals surface area (Å²) in [4.78, 5) is 35.4. The molecule has 1 amide bonds. The lowest BCUT2D eigenvalue weighted by Gasteiger charge is -2.29. The summed E-state index contributed by atoms with van der Waals surface area (Å²) in [7, 11) is 4.22. The average Bonchev–Trinajstić information content (AvgIpc) is 3.63. The Hall–Kier alpha value is -5.38. The smallest absolute Gasteiger partial charge is 0.258 e. The van der Waals surface area contributed by atoms with Gasteiger partial charge in [-0.05, 0) is 86.8 Å². The molecule has 16 heteroatoms.